The van der Waals surface area contributed by atoms with Gasteiger partial charge in [0.05, 0.1) is 6.61 Å². The molecule has 0 aliphatic carbocycles. The highest BCUT2D eigenvalue weighted by Gasteiger charge is 2.20. The van der Waals surface area contributed by atoms with Crippen LogP contribution < -0.4 is 5.90 Å². The second kappa shape index (κ2) is 4.09. The largest absolute Gasteiger partial charge is 0.304 e. The summed E-state index contributed by atoms with van der Waals surface area (Å²) in [5, 5.41) is 0.739. The summed E-state index contributed by atoms with van der Waals surface area (Å²) in [7, 11) is 0. The smallest absolute Gasteiger partial charge is 0.0770 e. The molecule has 0 saturated carbocycles. The SMILES string of the molecule is CC(C)(CON)c1cccc(Cl)c1. The van der Waals surface area contributed by atoms with E-state index in [-0.39, 0.29) is 5.41 Å². The second-order valence-electron chi connectivity index (χ2n) is 3.71. The highest BCUT2D eigenvalue weighted by atomic mass is 35.5. The van der Waals surface area contributed by atoms with Crippen molar-refractivity contribution in [2.45, 2.75) is 19.3 Å². The minimum Gasteiger partial charge on any atom is -0.304 e. The third kappa shape index (κ3) is 2.69. The van der Waals surface area contributed by atoms with Crippen LogP contribution in [0.25, 0.3) is 0 Å². The van der Waals surface area contributed by atoms with Gasteiger partial charge in [0.25, 0.3) is 0 Å². The third-order valence-electron chi connectivity index (χ3n) is 2.05. The van der Waals surface area contributed by atoms with Crippen molar-refractivity contribution >= 4 is 11.6 Å². The highest BCUT2D eigenvalue weighted by Crippen LogP contribution is 2.25. The molecule has 0 aliphatic heterocycles. The number of hydrogen-bond donors (Lipinski definition) is 1. The Balaban J connectivity index is 2.93. The maximum absolute atomic E-state index is 5.88. The van der Waals surface area contributed by atoms with Crippen molar-refractivity contribution in [3.8, 4) is 0 Å². The summed E-state index contributed by atoms with van der Waals surface area (Å²) in [6, 6.07) is 7.73. The van der Waals surface area contributed by atoms with Gasteiger partial charge in [-0.3, -0.25) is 0 Å². The van der Waals surface area contributed by atoms with Gasteiger partial charge in [0.1, 0.15) is 0 Å². The molecule has 1 aromatic rings. The zero-order valence-corrected chi connectivity index (χ0v) is 8.64. The van der Waals surface area contributed by atoms with Crippen LogP contribution in [0.3, 0.4) is 0 Å². The fourth-order valence-electron chi connectivity index (χ4n) is 1.20. The Morgan fingerprint density at radius 1 is 1.46 bits per heavy atom. The second-order valence-corrected chi connectivity index (χ2v) is 4.14. The van der Waals surface area contributed by atoms with Crippen LogP contribution in [0.15, 0.2) is 24.3 Å². The van der Waals surface area contributed by atoms with E-state index in [4.69, 9.17) is 17.5 Å². The van der Waals surface area contributed by atoms with Crippen LogP contribution in [0.4, 0.5) is 0 Å². The van der Waals surface area contributed by atoms with Crippen LogP contribution in [0.2, 0.25) is 5.02 Å². The van der Waals surface area contributed by atoms with Gasteiger partial charge in [-0.1, -0.05) is 37.6 Å². The molecule has 1 rings (SSSR count). The molecule has 0 spiro atoms. The highest BCUT2D eigenvalue weighted by molar-refractivity contribution is 6.30. The molecule has 0 atom stereocenters. The van der Waals surface area contributed by atoms with Crippen LogP contribution in [0, 0.1) is 0 Å². The predicted molar refractivity (Wildman–Crippen MR) is 54.6 cm³/mol. The Hall–Kier alpha value is -0.570. The summed E-state index contributed by atoms with van der Waals surface area (Å²) in [4.78, 5) is 4.66. The van der Waals surface area contributed by atoms with Gasteiger partial charge in [-0.2, -0.15) is 0 Å². The van der Waals surface area contributed by atoms with Gasteiger partial charge in [-0.25, -0.2) is 5.90 Å². The normalized spacial score (nSPS) is 11.7. The molecule has 0 unspecified atom stereocenters. The quantitative estimate of drug-likeness (QED) is 0.760. The van der Waals surface area contributed by atoms with Crippen LogP contribution >= 0.6 is 11.6 Å². The zero-order valence-electron chi connectivity index (χ0n) is 7.88. The fourth-order valence-corrected chi connectivity index (χ4v) is 1.39. The number of halogens is 1. The first-order valence-electron chi connectivity index (χ1n) is 4.14. The molecular formula is C10H14ClNO. The molecule has 0 aromatic heterocycles. The Labute approximate surface area is 83.6 Å². The monoisotopic (exact) mass is 199 g/mol. The lowest BCUT2D eigenvalue weighted by atomic mass is 9.86. The average Bonchev–Trinajstić information content (AvgIpc) is 2.04. The van der Waals surface area contributed by atoms with E-state index in [1.54, 1.807) is 0 Å². The Morgan fingerprint density at radius 3 is 2.69 bits per heavy atom. The van der Waals surface area contributed by atoms with Crippen LogP contribution in [-0.2, 0) is 10.3 Å². The van der Waals surface area contributed by atoms with Crippen molar-refractivity contribution in [3.63, 3.8) is 0 Å². The van der Waals surface area contributed by atoms with E-state index in [9.17, 15) is 0 Å². The maximum atomic E-state index is 5.88. The summed E-state index contributed by atoms with van der Waals surface area (Å²) in [5.74, 6) is 5.06. The first-order chi connectivity index (χ1) is 6.06. The molecule has 0 radical (unpaired) electrons. The van der Waals surface area contributed by atoms with E-state index in [1.165, 1.54) is 0 Å². The molecule has 0 bridgehead atoms. The van der Waals surface area contributed by atoms with Crippen molar-refractivity contribution < 1.29 is 4.84 Å². The lowest BCUT2D eigenvalue weighted by Crippen LogP contribution is -2.26. The van der Waals surface area contributed by atoms with E-state index >= 15 is 0 Å². The molecule has 2 nitrogen and oxygen atoms in total. The van der Waals surface area contributed by atoms with Crippen LogP contribution in [0.1, 0.15) is 19.4 Å². The zero-order chi connectivity index (χ0) is 9.90. The van der Waals surface area contributed by atoms with Gasteiger partial charge in [0.15, 0.2) is 0 Å². The summed E-state index contributed by atoms with van der Waals surface area (Å²) < 4.78 is 0. The third-order valence-corrected chi connectivity index (χ3v) is 2.29. The predicted octanol–water partition coefficient (Wildman–Crippen LogP) is 2.51. The first kappa shape index (κ1) is 10.5. The Bertz CT molecular complexity index is 286. The van der Waals surface area contributed by atoms with Crippen LogP contribution in [-0.4, -0.2) is 6.61 Å². The average molecular weight is 200 g/mol. The number of hydrogen-bond acceptors (Lipinski definition) is 2. The van der Waals surface area contributed by atoms with Crippen molar-refractivity contribution in [2.24, 2.45) is 5.90 Å². The van der Waals surface area contributed by atoms with Gasteiger partial charge < -0.3 is 4.84 Å². The number of benzene rings is 1. The van der Waals surface area contributed by atoms with E-state index in [0.29, 0.717) is 6.61 Å². The topological polar surface area (TPSA) is 35.2 Å². The van der Waals surface area contributed by atoms with Crippen molar-refractivity contribution in [1.82, 2.24) is 0 Å². The van der Waals surface area contributed by atoms with Gasteiger partial charge in [-0.15, -0.1) is 0 Å². The first-order valence-corrected chi connectivity index (χ1v) is 4.52. The number of nitrogens with two attached hydrogens (primary N) is 1. The van der Waals surface area contributed by atoms with Crippen molar-refractivity contribution in [2.75, 3.05) is 6.61 Å². The van der Waals surface area contributed by atoms with E-state index in [0.717, 1.165) is 10.6 Å². The summed E-state index contributed by atoms with van der Waals surface area (Å²) in [6.07, 6.45) is 0. The van der Waals surface area contributed by atoms with Gasteiger partial charge in [0, 0.05) is 10.4 Å². The van der Waals surface area contributed by atoms with E-state index < -0.39 is 0 Å². The summed E-state index contributed by atoms with van der Waals surface area (Å²) >= 11 is 5.88. The van der Waals surface area contributed by atoms with Gasteiger partial charge >= 0.3 is 0 Å². The van der Waals surface area contributed by atoms with Crippen molar-refractivity contribution in [3.05, 3.63) is 34.9 Å². The molecule has 0 saturated heterocycles. The standard InChI is InChI=1S/C10H14ClNO/c1-10(2,7-13-12)8-4-3-5-9(11)6-8/h3-6H,7,12H2,1-2H3. The molecule has 0 aliphatic rings. The Kier molecular flexibility index (Phi) is 3.31. The number of rotatable bonds is 3. The molecule has 13 heavy (non-hydrogen) atoms. The molecule has 72 valence electrons. The molecule has 0 heterocycles. The van der Waals surface area contributed by atoms with E-state index in [2.05, 4.69) is 18.7 Å². The molecule has 3 heteroatoms. The van der Waals surface area contributed by atoms with E-state index in [1.807, 2.05) is 24.3 Å². The minimum absolute atomic E-state index is 0.0976. The minimum atomic E-state index is -0.0976. The van der Waals surface area contributed by atoms with Crippen molar-refractivity contribution in [1.29, 1.82) is 0 Å². The van der Waals surface area contributed by atoms with Crippen LogP contribution in [0.5, 0.6) is 0 Å². The fraction of sp³-hybridized carbons (Fsp3) is 0.400. The van der Waals surface area contributed by atoms with Gasteiger partial charge in [0.2, 0.25) is 0 Å². The lowest BCUT2D eigenvalue weighted by Gasteiger charge is -2.23. The summed E-state index contributed by atoms with van der Waals surface area (Å²) in [6.45, 7) is 4.60. The molecule has 1 aromatic carbocycles. The molecule has 0 fully saturated rings. The molecular weight excluding hydrogens is 186 g/mol. The maximum Gasteiger partial charge on any atom is 0.0770 e. The lowest BCUT2D eigenvalue weighted by molar-refractivity contribution is 0.0964. The molecule has 0 amide bonds. The Morgan fingerprint density at radius 2 is 2.15 bits per heavy atom. The molecule has 2 N–H and O–H groups in total. The van der Waals surface area contributed by atoms with Gasteiger partial charge in [-0.05, 0) is 17.7 Å². The summed E-state index contributed by atoms with van der Waals surface area (Å²) in [5.41, 5.74) is 1.03.